The number of aromatic nitrogens is 3. The first kappa shape index (κ1) is 18.9. The quantitative estimate of drug-likeness (QED) is 0.502. The van der Waals surface area contributed by atoms with Gasteiger partial charge < -0.3 is 14.9 Å². The van der Waals surface area contributed by atoms with Crippen LogP contribution in [-0.2, 0) is 22.7 Å². The summed E-state index contributed by atoms with van der Waals surface area (Å²) < 4.78 is 7.87. The lowest BCUT2D eigenvalue weighted by Crippen LogP contribution is -2.31. The number of pyridine rings is 1. The van der Waals surface area contributed by atoms with Crippen molar-refractivity contribution in [1.29, 1.82) is 5.26 Å². The zero-order chi connectivity index (χ0) is 21.3. The summed E-state index contributed by atoms with van der Waals surface area (Å²) in [7, 11) is 0. The fraction of sp³-hybridized carbons (Fsp3) is 0.0952. The minimum absolute atomic E-state index is 0.108. The first-order chi connectivity index (χ1) is 14.5. The molecule has 4 rings (SSSR count). The smallest absolute Gasteiger partial charge is 0.328 e. The molecule has 9 heteroatoms. The number of nitriles is 1. The number of nitrogens with two attached hydrogens (primary N) is 1. The third kappa shape index (κ3) is 3.27. The minimum Gasteiger partial charge on any atom is -0.459 e. The second-order valence-corrected chi connectivity index (χ2v) is 6.52. The van der Waals surface area contributed by atoms with Crippen LogP contribution in [0.4, 0.5) is 0 Å². The molecule has 148 valence electrons. The second kappa shape index (κ2) is 7.52. The van der Waals surface area contributed by atoms with Gasteiger partial charge >= 0.3 is 5.97 Å². The van der Waals surface area contributed by atoms with Crippen LogP contribution < -0.4 is 11.3 Å². The van der Waals surface area contributed by atoms with Crippen molar-refractivity contribution in [3.05, 3.63) is 82.0 Å². The number of amides is 1. The van der Waals surface area contributed by atoms with Crippen molar-refractivity contribution < 1.29 is 14.3 Å². The number of carbonyl (C=O) groups excluding carboxylic acids is 2. The van der Waals surface area contributed by atoms with Gasteiger partial charge in [-0.3, -0.25) is 14.4 Å². The van der Waals surface area contributed by atoms with Gasteiger partial charge in [0, 0.05) is 23.3 Å². The molecule has 9 nitrogen and oxygen atoms in total. The van der Waals surface area contributed by atoms with E-state index in [-0.39, 0.29) is 17.7 Å². The van der Waals surface area contributed by atoms with Crippen LogP contribution in [0, 0.1) is 11.3 Å². The fourth-order valence-electron chi connectivity index (χ4n) is 3.27. The summed E-state index contributed by atoms with van der Waals surface area (Å²) in [6.45, 7) is -0.645. The lowest BCUT2D eigenvalue weighted by Gasteiger charge is -2.09. The molecule has 0 unspecified atom stereocenters. The summed E-state index contributed by atoms with van der Waals surface area (Å²) in [5, 5.41) is 13.9. The first-order valence-electron chi connectivity index (χ1n) is 8.93. The van der Waals surface area contributed by atoms with Gasteiger partial charge in [0.05, 0.1) is 16.5 Å². The SMILES string of the molecule is N#Cc1c(COC(=O)Cn2nc(C(N)=O)c3ccccc3c2=O)cn2ccccc12. The summed E-state index contributed by atoms with van der Waals surface area (Å²) in [4.78, 5) is 36.7. The molecule has 4 aromatic rings. The molecule has 0 aliphatic heterocycles. The third-order valence-electron chi connectivity index (χ3n) is 4.64. The van der Waals surface area contributed by atoms with Crippen LogP contribution in [0.5, 0.6) is 0 Å². The Balaban J connectivity index is 1.59. The molecule has 0 saturated carbocycles. The number of benzene rings is 1. The van der Waals surface area contributed by atoms with Gasteiger partial charge in [0.25, 0.3) is 11.5 Å². The highest BCUT2D eigenvalue weighted by Gasteiger charge is 2.17. The molecular formula is C21H15N5O4. The highest BCUT2D eigenvalue weighted by molar-refractivity contribution is 6.04. The van der Waals surface area contributed by atoms with Gasteiger partial charge in [0.1, 0.15) is 19.2 Å². The van der Waals surface area contributed by atoms with E-state index in [9.17, 15) is 19.6 Å². The molecule has 0 bridgehead atoms. The van der Waals surface area contributed by atoms with Crippen molar-refractivity contribution in [2.24, 2.45) is 5.73 Å². The molecule has 0 fully saturated rings. The van der Waals surface area contributed by atoms with E-state index in [1.54, 1.807) is 47.1 Å². The predicted molar refractivity (Wildman–Crippen MR) is 106 cm³/mol. The number of hydrogen-bond donors (Lipinski definition) is 1. The zero-order valence-electron chi connectivity index (χ0n) is 15.6. The van der Waals surface area contributed by atoms with Crippen LogP contribution >= 0.6 is 0 Å². The Labute approximate surface area is 169 Å². The lowest BCUT2D eigenvalue weighted by molar-refractivity contribution is -0.146. The Morgan fingerprint density at radius 1 is 1.13 bits per heavy atom. The maximum absolute atomic E-state index is 12.6. The van der Waals surface area contributed by atoms with Gasteiger partial charge in [-0.1, -0.05) is 24.3 Å². The second-order valence-electron chi connectivity index (χ2n) is 6.52. The number of carbonyl (C=O) groups is 2. The average molecular weight is 401 g/mol. The first-order valence-corrected chi connectivity index (χ1v) is 8.93. The summed E-state index contributed by atoms with van der Waals surface area (Å²) in [5.41, 5.74) is 6.36. The molecule has 0 aliphatic carbocycles. The van der Waals surface area contributed by atoms with Crippen molar-refractivity contribution in [2.45, 2.75) is 13.2 Å². The molecule has 0 aliphatic rings. The Bertz CT molecular complexity index is 1410. The van der Waals surface area contributed by atoms with Crippen molar-refractivity contribution in [1.82, 2.24) is 14.2 Å². The molecule has 0 saturated heterocycles. The van der Waals surface area contributed by atoms with E-state index < -0.39 is 24.0 Å². The van der Waals surface area contributed by atoms with Crippen LogP contribution in [0.2, 0.25) is 0 Å². The van der Waals surface area contributed by atoms with E-state index in [0.29, 0.717) is 22.0 Å². The zero-order valence-corrected chi connectivity index (χ0v) is 15.6. The molecule has 3 heterocycles. The molecular weight excluding hydrogens is 386 g/mol. The molecule has 3 aromatic heterocycles. The molecule has 2 N–H and O–H groups in total. The minimum atomic E-state index is -0.813. The predicted octanol–water partition coefficient (Wildman–Crippen LogP) is 1.36. The summed E-state index contributed by atoms with van der Waals surface area (Å²) >= 11 is 0. The number of hydrogen-bond acceptors (Lipinski definition) is 6. The van der Waals surface area contributed by atoms with Gasteiger partial charge in [-0.2, -0.15) is 10.4 Å². The molecule has 0 radical (unpaired) electrons. The molecule has 30 heavy (non-hydrogen) atoms. The van der Waals surface area contributed by atoms with Crippen molar-refractivity contribution in [3.8, 4) is 6.07 Å². The maximum Gasteiger partial charge on any atom is 0.328 e. The van der Waals surface area contributed by atoms with Gasteiger partial charge in [-0.25, -0.2) is 4.68 Å². The topological polar surface area (TPSA) is 132 Å². The van der Waals surface area contributed by atoms with E-state index in [2.05, 4.69) is 11.2 Å². The number of rotatable bonds is 5. The summed E-state index contributed by atoms with van der Waals surface area (Å²) in [6.07, 6.45) is 3.48. The van der Waals surface area contributed by atoms with E-state index in [0.717, 1.165) is 4.68 Å². The number of nitrogens with zero attached hydrogens (tertiary/aromatic N) is 4. The largest absolute Gasteiger partial charge is 0.459 e. The standard InChI is InChI=1S/C21H15N5O4/c22-9-16-13(10-25-8-4-3-7-17(16)25)12-30-18(27)11-26-21(29)15-6-2-1-5-14(15)19(24-26)20(23)28/h1-8,10H,11-12H2,(H2,23,28). The van der Waals surface area contributed by atoms with Gasteiger partial charge in [0.2, 0.25) is 0 Å². The number of ether oxygens (including phenoxy) is 1. The third-order valence-corrected chi connectivity index (χ3v) is 4.64. The summed E-state index contributed by atoms with van der Waals surface area (Å²) in [6, 6.07) is 13.9. The van der Waals surface area contributed by atoms with Gasteiger partial charge in [0.15, 0.2) is 5.69 Å². The van der Waals surface area contributed by atoms with Crippen LogP contribution in [0.15, 0.2) is 59.7 Å². The van der Waals surface area contributed by atoms with E-state index in [4.69, 9.17) is 10.5 Å². The van der Waals surface area contributed by atoms with Gasteiger partial charge in [-0.05, 0) is 18.2 Å². The van der Waals surface area contributed by atoms with Crippen molar-refractivity contribution in [2.75, 3.05) is 0 Å². The van der Waals surface area contributed by atoms with E-state index >= 15 is 0 Å². The highest BCUT2D eigenvalue weighted by atomic mass is 16.5. The lowest BCUT2D eigenvalue weighted by atomic mass is 10.1. The van der Waals surface area contributed by atoms with Crippen LogP contribution in [0.1, 0.15) is 21.6 Å². The maximum atomic E-state index is 12.6. The van der Waals surface area contributed by atoms with E-state index in [1.807, 2.05) is 6.07 Å². The number of fused-ring (bicyclic) bond motifs is 2. The van der Waals surface area contributed by atoms with E-state index in [1.165, 1.54) is 6.07 Å². The summed E-state index contributed by atoms with van der Waals surface area (Å²) in [5.74, 6) is -1.55. The number of esters is 1. The van der Waals surface area contributed by atoms with Crippen LogP contribution in [0.3, 0.4) is 0 Å². The Kier molecular flexibility index (Phi) is 4.74. The Morgan fingerprint density at radius 2 is 1.87 bits per heavy atom. The van der Waals surface area contributed by atoms with Crippen LogP contribution in [0.25, 0.3) is 16.3 Å². The molecule has 0 atom stereocenters. The number of primary amides is 1. The van der Waals surface area contributed by atoms with Crippen LogP contribution in [-0.4, -0.2) is 26.1 Å². The normalized spacial score (nSPS) is 10.8. The molecule has 1 aromatic carbocycles. The molecule has 0 spiro atoms. The van der Waals surface area contributed by atoms with Crippen molar-refractivity contribution in [3.63, 3.8) is 0 Å². The Hall–Kier alpha value is -4.45. The molecule has 1 amide bonds. The average Bonchev–Trinajstić information content (AvgIpc) is 3.11. The monoisotopic (exact) mass is 401 g/mol. The van der Waals surface area contributed by atoms with Crippen molar-refractivity contribution >= 4 is 28.2 Å². The Morgan fingerprint density at radius 3 is 2.60 bits per heavy atom. The highest BCUT2D eigenvalue weighted by Crippen LogP contribution is 2.18. The van der Waals surface area contributed by atoms with Gasteiger partial charge in [-0.15, -0.1) is 0 Å². The fourth-order valence-corrected chi connectivity index (χ4v) is 3.27.